The molecular weight excluding hydrogens is 649 g/mol. The zero-order valence-electron chi connectivity index (χ0n) is 22.7. The Labute approximate surface area is 273 Å². The molecule has 6 heteroatoms. The molecule has 6 aromatic carbocycles. The third-order valence-corrected chi connectivity index (χ3v) is 16.9. The first-order valence-corrected chi connectivity index (χ1v) is 19.4. The normalized spacial score (nSPS) is 13.0. The molecule has 0 spiro atoms. The van der Waals surface area contributed by atoms with E-state index in [9.17, 15) is 0 Å². The Morgan fingerprint density at radius 2 is 0.500 bits per heavy atom. The molecule has 0 aliphatic carbocycles. The summed E-state index contributed by atoms with van der Waals surface area (Å²) in [6.07, 6.45) is 0. The number of thiophene rings is 6. The molecule has 0 saturated carbocycles. The Balaban J connectivity index is 1.44. The highest BCUT2D eigenvalue weighted by Crippen LogP contribution is 2.59. The van der Waals surface area contributed by atoms with Gasteiger partial charge in [0.1, 0.15) is 0 Å². The van der Waals surface area contributed by atoms with Crippen molar-refractivity contribution in [2.45, 2.75) is 0 Å². The van der Waals surface area contributed by atoms with Crippen LogP contribution in [0.3, 0.4) is 0 Å². The molecule has 6 heterocycles. The smallest absolute Gasteiger partial charge is 0.0549 e. The Bertz CT molecular complexity index is 3000. The first-order valence-electron chi connectivity index (χ1n) is 14.5. The zero-order valence-corrected chi connectivity index (χ0v) is 27.6. The molecule has 0 saturated heterocycles. The Morgan fingerprint density at radius 3 is 0.864 bits per heavy atom. The molecule has 6 aromatic heterocycles. The summed E-state index contributed by atoms with van der Waals surface area (Å²) in [5, 5.41) is 14.3. The zero-order chi connectivity index (χ0) is 28.3. The van der Waals surface area contributed by atoms with Crippen LogP contribution in [0, 0.1) is 0 Å². The maximum atomic E-state index is 2.35. The second-order valence-corrected chi connectivity index (χ2v) is 17.7. The predicted octanol–water partition coefficient (Wildman–Crippen LogP) is 14.7. The van der Waals surface area contributed by atoms with Crippen molar-refractivity contribution in [1.82, 2.24) is 0 Å². The van der Waals surface area contributed by atoms with Crippen molar-refractivity contribution in [1.29, 1.82) is 0 Å². The SMILES string of the molecule is c1ccc2c(c1)sc1c3sc4ccccc4c3c3c4sc5c6c7ccccc7sc6c6sc7ccccc7c6c5c4sc3c21. The molecule has 0 N–H and O–H groups in total. The highest BCUT2D eigenvalue weighted by Gasteiger charge is 2.27. The van der Waals surface area contributed by atoms with Crippen molar-refractivity contribution in [2.75, 3.05) is 0 Å². The number of hydrogen-bond acceptors (Lipinski definition) is 6. The summed E-state index contributed by atoms with van der Waals surface area (Å²) < 4.78 is 17.2. The van der Waals surface area contributed by atoms with Gasteiger partial charge in [0.05, 0.1) is 28.2 Å². The predicted molar refractivity (Wildman–Crippen MR) is 206 cm³/mol. The lowest BCUT2D eigenvalue weighted by molar-refractivity contribution is 1.87. The molecule has 0 fully saturated rings. The summed E-state index contributed by atoms with van der Waals surface area (Å²) in [7, 11) is 0. The van der Waals surface area contributed by atoms with Crippen LogP contribution in [0.25, 0.3) is 110 Å². The Kier molecular flexibility index (Phi) is 4.39. The average Bonchev–Trinajstić information content (AvgIpc) is 3.88. The molecule has 0 amide bonds. The third-order valence-electron chi connectivity index (χ3n) is 9.27. The number of rotatable bonds is 0. The molecule has 12 rings (SSSR count). The van der Waals surface area contributed by atoms with Crippen LogP contribution in [0.2, 0.25) is 0 Å². The van der Waals surface area contributed by atoms with E-state index in [4.69, 9.17) is 0 Å². The van der Waals surface area contributed by atoms with Crippen LogP contribution in [0.1, 0.15) is 0 Å². The minimum atomic E-state index is 1.38. The van der Waals surface area contributed by atoms with E-state index in [-0.39, 0.29) is 0 Å². The van der Waals surface area contributed by atoms with Crippen LogP contribution < -0.4 is 0 Å². The van der Waals surface area contributed by atoms with E-state index in [1.54, 1.807) is 0 Å². The van der Waals surface area contributed by atoms with Crippen LogP contribution in [-0.4, -0.2) is 0 Å². The van der Waals surface area contributed by atoms with E-state index >= 15 is 0 Å². The summed E-state index contributed by atoms with van der Waals surface area (Å²) in [6.45, 7) is 0. The van der Waals surface area contributed by atoms with Gasteiger partial charge in [0.2, 0.25) is 0 Å². The molecule has 0 atom stereocenters. The Hall–Kier alpha value is -3.62. The topological polar surface area (TPSA) is 0 Å². The number of fused-ring (bicyclic) bond motifs is 23. The fraction of sp³-hybridized carbons (Fsp3) is 0. The summed E-state index contributed by atoms with van der Waals surface area (Å²) in [5.74, 6) is 0. The lowest BCUT2D eigenvalue weighted by Gasteiger charge is -2.02. The number of hydrogen-bond donors (Lipinski definition) is 0. The van der Waals surface area contributed by atoms with E-state index < -0.39 is 0 Å². The minimum Gasteiger partial charge on any atom is -0.134 e. The van der Waals surface area contributed by atoms with Gasteiger partial charge in [0.15, 0.2) is 0 Å². The molecule has 0 bridgehead atoms. The van der Waals surface area contributed by atoms with Crippen molar-refractivity contribution >= 4 is 178 Å². The van der Waals surface area contributed by atoms with E-state index in [0.717, 1.165) is 0 Å². The van der Waals surface area contributed by atoms with Crippen molar-refractivity contribution < 1.29 is 0 Å². The average molecular weight is 665 g/mol. The van der Waals surface area contributed by atoms with E-state index in [1.165, 1.54) is 110 Å². The molecule has 44 heavy (non-hydrogen) atoms. The first kappa shape index (κ1) is 23.7. The van der Waals surface area contributed by atoms with Crippen molar-refractivity contribution in [2.24, 2.45) is 0 Å². The minimum absolute atomic E-state index is 1.38. The maximum Gasteiger partial charge on any atom is 0.0549 e. The van der Waals surface area contributed by atoms with Crippen molar-refractivity contribution in [3.05, 3.63) is 97.1 Å². The van der Waals surface area contributed by atoms with Crippen LogP contribution >= 0.6 is 68.0 Å². The molecule has 0 radical (unpaired) electrons. The first-order chi connectivity index (χ1) is 21.8. The Morgan fingerprint density at radius 1 is 0.227 bits per heavy atom. The third kappa shape index (κ3) is 2.72. The summed E-state index contributed by atoms with van der Waals surface area (Å²) in [6, 6.07) is 36.2. The van der Waals surface area contributed by atoms with Gasteiger partial charge in [-0.25, -0.2) is 0 Å². The summed E-state index contributed by atoms with van der Waals surface area (Å²) in [5.41, 5.74) is 0. The summed E-state index contributed by atoms with van der Waals surface area (Å²) >= 11 is 12.0. The molecular formula is C38H16S6. The van der Waals surface area contributed by atoms with Crippen LogP contribution in [0.5, 0.6) is 0 Å². The quantitative estimate of drug-likeness (QED) is 0.151. The second kappa shape index (κ2) is 8.15. The van der Waals surface area contributed by atoms with Gasteiger partial charge >= 0.3 is 0 Å². The largest absolute Gasteiger partial charge is 0.134 e. The van der Waals surface area contributed by atoms with Gasteiger partial charge in [-0.3, -0.25) is 0 Å². The lowest BCUT2D eigenvalue weighted by atomic mass is 10.0. The van der Waals surface area contributed by atoms with Gasteiger partial charge in [-0.15, -0.1) is 68.0 Å². The molecule has 0 nitrogen and oxygen atoms in total. The van der Waals surface area contributed by atoms with Crippen LogP contribution in [0.15, 0.2) is 97.1 Å². The monoisotopic (exact) mass is 664 g/mol. The van der Waals surface area contributed by atoms with E-state index in [2.05, 4.69) is 97.1 Å². The van der Waals surface area contributed by atoms with Crippen LogP contribution in [-0.2, 0) is 0 Å². The molecule has 0 unspecified atom stereocenters. The van der Waals surface area contributed by atoms with E-state index in [0.29, 0.717) is 0 Å². The fourth-order valence-corrected chi connectivity index (χ4v) is 15.8. The highest BCUT2D eigenvalue weighted by atomic mass is 32.1. The van der Waals surface area contributed by atoms with Crippen LogP contribution in [0.4, 0.5) is 0 Å². The molecule has 12 aromatic rings. The summed E-state index contributed by atoms with van der Waals surface area (Å²) in [4.78, 5) is 0. The van der Waals surface area contributed by atoms with Crippen molar-refractivity contribution in [3.8, 4) is 0 Å². The standard InChI is InChI=1S/C38H16S6/c1-5-13-21-17(9-1)25-29-31(27-19-11-3-7-15-23(19)41-35(27)33(25)39-21)43-38-30-26-18-10-2-6-14-22(18)40-34(26)36-28(32(30)44-37(29)38)20-12-4-8-16-24(20)42-36/h1-16H. The highest BCUT2D eigenvalue weighted by molar-refractivity contribution is 7.41. The number of benzene rings is 6. The molecule has 0 aliphatic rings. The second-order valence-electron chi connectivity index (χ2n) is 11.5. The van der Waals surface area contributed by atoms with E-state index in [1.807, 2.05) is 68.0 Å². The fourth-order valence-electron chi connectivity index (χ4n) is 7.51. The van der Waals surface area contributed by atoms with Gasteiger partial charge in [0, 0.05) is 82.1 Å². The van der Waals surface area contributed by atoms with Gasteiger partial charge in [0.25, 0.3) is 0 Å². The lowest BCUT2D eigenvalue weighted by Crippen LogP contribution is -1.73. The van der Waals surface area contributed by atoms with Gasteiger partial charge in [-0.05, 0) is 24.3 Å². The maximum absolute atomic E-state index is 2.35. The van der Waals surface area contributed by atoms with Gasteiger partial charge < -0.3 is 0 Å². The van der Waals surface area contributed by atoms with Gasteiger partial charge in [-0.1, -0.05) is 72.8 Å². The molecule has 204 valence electrons. The van der Waals surface area contributed by atoms with Crippen molar-refractivity contribution in [3.63, 3.8) is 0 Å². The molecule has 0 aliphatic heterocycles. The van der Waals surface area contributed by atoms with Gasteiger partial charge in [-0.2, -0.15) is 0 Å².